The monoisotopic (exact) mass is 220 g/mol. The Bertz CT molecular complexity index is 232. The SMILES string of the molecule is CCOP(O)O.Oc1ccccc1O. The molecule has 1 aromatic rings. The summed E-state index contributed by atoms with van der Waals surface area (Å²) in [5.74, 6) is -0.153. The van der Waals surface area contributed by atoms with Gasteiger partial charge in [-0.15, -0.1) is 0 Å². The summed E-state index contributed by atoms with van der Waals surface area (Å²) in [4.78, 5) is 15.9. The zero-order valence-electron chi connectivity index (χ0n) is 7.66. The van der Waals surface area contributed by atoms with Crippen molar-refractivity contribution in [1.29, 1.82) is 0 Å². The van der Waals surface area contributed by atoms with E-state index < -0.39 is 8.60 Å². The molecule has 1 aromatic carbocycles. The maximum atomic E-state index is 8.67. The standard InChI is InChI=1S/C6H6O2.C2H7O3P/c7-5-3-1-2-4-6(5)8;1-2-5-6(3)4/h1-4,7-8H;3-4H,2H2,1H3. The fourth-order valence-corrected chi connectivity index (χ4v) is 0.811. The molecule has 0 aliphatic heterocycles. The topological polar surface area (TPSA) is 90.2 Å². The van der Waals surface area contributed by atoms with Crippen molar-refractivity contribution < 1.29 is 24.5 Å². The zero-order valence-corrected chi connectivity index (χ0v) is 8.56. The zero-order chi connectivity index (χ0) is 11.0. The van der Waals surface area contributed by atoms with Crippen LogP contribution in [0.4, 0.5) is 0 Å². The van der Waals surface area contributed by atoms with Gasteiger partial charge in [-0.25, -0.2) is 0 Å². The van der Waals surface area contributed by atoms with Crippen LogP contribution in [0.3, 0.4) is 0 Å². The van der Waals surface area contributed by atoms with E-state index in [1.165, 1.54) is 12.1 Å². The highest BCUT2D eigenvalue weighted by Crippen LogP contribution is 2.22. The van der Waals surface area contributed by atoms with Gasteiger partial charge in [0.25, 0.3) is 0 Å². The average Bonchev–Trinajstić information content (AvgIpc) is 2.11. The highest BCUT2D eigenvalue weighted by atomic mass is 31.2. The minimum atomic E-state index is -2.10. The second-order valence-corrected chi connectivity index (χ2v) is 2.92. The van der Waals surface area contributed by atoms with Gasteiger partial charge in [-0.1, -0.05) is 12.1 Å². The van der Waals surface area contributed by atoms with E-state index in [2.05, 4.69) is 4.52 Å². The van der Waals surface area contributed by atoms with Gasteiger partial charge in [0.2, 0.25) is 0 Å². The molecular weight excluding hydrogens is 207 g/mol. The Morgan fingerprint density at radius 2 is 1.57 bits per heavy atom. The summed E-state index contributed by atoms with van der Waals surface area (Å²) < 4.78 is 4.22. The lowest BCUT2D eigenvalue weighted by atomic mass is 10.3. The van der Waals surface area contributed by atoms with E-state index in [0.717, 1.165) is 0 Å². The highest BCUT2D eigenvalue weighted by Gasteiger charge is 1.91. The van der Waals surface area contributed by atoms with Gasteiger partial charge < -0.3 is 24.5 Å². The predicted molar refractivity (Wildman–Crippen MR) is 52.8 cm³/mol. The first kappa shape index (κ1) is 13.1. The summed E-state index contributed by atoms with van der Waals surface area (Å²) in [5.41, 5.74) is 0. The van der Waals surface area contributed by atoms with Crippen LogP contribution in [-0.2, 0) is 4.52 Å². The fourth-order valence-electron chi connectivity index (χ4n) is 0.580. The van der Waals surface area contributed by atoms with Gasteiger partial charge in [0.15, 0.2) is 11.5 Å². The van der Waals surface area contributed by atoms with Crippen molar-refractivity contribution >= 4 is 8.60 Å². The number of benzene rings is 1. The molecule has 80 valence electrons. The summed E-state index contributed by atoms with van der Waals surface area (Å²) in [6, 6.07) is 6.15. The molecule has 0 amide bonds. The number of rotatable bonds is 2. The van der Waals surface area contributed by atoms with Crippen molar-refractivity contribution in [2.45, 2.75) is 6.92 Å². The van der Waals surface area contributed by atoms with Crippen LogP contribution >= 0.6 is 8.60 Å². The second kappa shape index (κ2) is 7.53. The first-order valence-electron chi connectivity index (χ1n) is 3.85. The number of phenols is 2. The molecule has 0 aliphatic carbocycles. The molecule has 0 bridgehead atoms. The van der Waals surface area contributed by atoms with Gasteiger partial charge in [0.1, 0.15) is 0 Å². The van der Waals surface area contributed by atoms with E-state index in [-0.39, 0.29) is 11.5 Å². The van der Waals surface area contributed by atoms with E-state index in [0.29, 0.717) is 6.61 Å². The number of phenolic OH excluding ortho intramolecular Hbond substituents is 2. The Kier molecular flexibility index (Phi) is 7.06. The third-order valence-electron chi connectivity index (χ3n) is 1.13. The lowest BCUT2D eigenvalue weighted by Crippen LogP contribution is -1.78. The number of aromatic hydroxyl groups is 2. The lowest BCUT2D eigenvalue weighted by Gasteiger charge is -1.95. The summed E-state index contributed by atoms with van der Waals surface area (Å²) in [6.45, 7) is 2.06. The van der Waals surface area contributed by atoms with E-state index in [9.17, 15) is 0 Å². The lowest BCUT2D eigenvalue weighted by molar-refractivity contribution is 0.269. The molecule has 0 atom stereocenters. The Morgan fingerprint density at radius 1 is 1.14 bits per heavy atom. The number of hydrogen-bond donors (Lipinski definition) is 4. The summed E-state index contributed by atoms with van der Waals surface area (Å²) in [6.07, 6.45) is 0. The van der Waals surface area contributed by atoms with E-state index >= 15 is 0 Å². The van der Waals surface area contributed by atoms with Gasteiger partial charge in [-0.3, -0.25) is 0 Å². The fraction of sp³-hybridized carbons (Fsp3) is 0.250. The molecule has 0 heterocycles. The van der Waals surface area contributed by atoms with Crippen LogP contribution in [0, 0.1) is 0 Å². The van der Waals surface area contributed by atoms with Crippen molar-refractivity contribution in [2.75, 3.05) is 6.61 Å². The quantitative estimate of drug-likeness (QED) is 0.446. The molecule has 0 saturated heterocycles. The molecule has 4 N–H and O–H groups in total. The van der Waals surface area contributed by atoms with E-state index in [1.54, 1.807) is 19.1 Å². The predicted octanol–water partition coefficient (Wildman–Crippen LogP) is 1.33. The molecule has 0 saturated carbocycles. The number of para-hydroxylation sites is 2. The van der Waals surface area contributed by atoms with Gasteiger partial charge in [0.05, 0.1) is 6.61 Å². The Labute approximate surface area is 83.2 Å². The molecular formula is C8H13O5P. The van der Waals surface area contributed by atoms with Crippen LogP contribution in [0.2, 0.25) is 0 Å². The molecule has 0 aliphatic rings. The Morgan fingerprint density at radius 3 is 1.71 bits per heavy atom. The smallest absolute Gasteiger partial charge is 0.327 e. The van der Waals surface area contributed by atoms with E-state index in [1.807, 2.05) is 0 Å². The third-order valence-corrected chi connectivity index (χ3v) is 1.62. The van der Waals surface area contributed by atoms with Gasteiger partial charge in [0, 0.05) is 0 Å². The average molecular weight is 220 g/mol. The highest BCUT2D eigenvalue weighted by molar-refractivity contribution is 7.39. The third kappa shape index (κ3) is 6.62. The van der Waals surface area contributed by atoms with Crippen LogP contribution < -0.4 is 0 Å². The van der Waals surface area contributed by atoms with Gasteiger partial charge in [-0.2, -0.15) is 0 Å². The van der Waals surface area contributed by atoms with Crippen molar-refractivity contribution in [3.05, 3.63) is 24.3 Å². The number of hydrogen-bond acceptors (Lipinski definition) is 5. The van der Waals surface area contributed by atoms with Crippen molar-refractivity contribution in [3.63, 3.8) is 0 Å². The molecule has 5 nitrogen and oxygen atoms in total. The Hall–Kier alpha value is -0.870. The molecule has 1 rings (SSSR count). The molecule has 0 unspecified atom stereocenters. The molecule has 6 heteroatoms. The van der Waals surface area contributed by atoms with Crippen LogP contribution in [0.15, 0.2) is 24.3 Å². The Balaban J connectivity index is 0.000000255. The largest absolute Gasteiger partial charge is 0.504 e. The maximum absolute atomic E-state index is 8.67. The summed E-state index contributed by atoms with van der Waals surface area (Å²) >= 11 is 0. The minimum absolute atomic E-state index is 0.0764. The molecule has 0 fully saturated rings. The maximum Gasteiger partial charge on any atom is 0.327 e. The van der Waals surface area contributed by atoms with Crippen LogP contribution in [-0.4, -0.2) is 26.6 Å². The normalized spacial score (nSPS) is 9.43. The molecule has 0 spiro atoms. The van der Waals surface area contributed by atoms with Crippen molar-refractivity contribution in [3.8, 4) is 11.5 Å². The van der Waals surface area contributed by atoms with Gasteiger partial charge >= 0.3 is 8.60 Å². The van der Waals surface area contributed by atoms with Crippen molar-refractivity contribution in [2.24, 2.45) is 0 Å². The first-order chi connectivity index (χ1) is 6.57. The first-order valence-corrected chi connectivity index (χ1v) is 5.02. The van der Waals surface area contributed by atoms with Gasteiger partial charge in [-0.05, 0) is 19.1 Å². The van der Waals surface area contributed by atoms with Crippen LogP contribution in [0.1, 0.15) is 6.92 Å². The molecule has 0 radical (unpaired) electrons. The van der Waals surface area contributed by atoms with Crippen LogP contribution in [0.5, 0.6) is 11.5 Å². The molecule has 0 aromatic heterocycles. The van der Waals surface area contributed by atoms with Crippen molar-refractivity contribution in [1.82, 2.24) is 0 Å². The second-order valence-electron chi connectivity index (χ2n) is 2.16. The van der Waals surface area contributed by atoms with Crippen LogP contribution in [0.25, 0.3) is 0 Å². The molecule has 14 heavy (non-hydrogen) atoms. The summed E-state index contributed by atoms with van der Waals surface area (Å²) in [7, 11) is -2.10. The van der Waals surface area contributed by atoms with E-state index in [4.69, 9.17) is 20.0 Å². The summed E-state index contributed by atoms with van der Waals surface area (Å²) in [5, 5.41) is 17.3. The minimum Gasteiger partial charge on any atom is -0.504 e.